The molecule has 2 N–H and O–H groups in total. The van der Waals surface area contributed by atoms with E-state index in [1.807, 2.05) is 0 Å². The van der Waals surface area contributed by atoms with Gasteiger partial charge in [0.05, 0.1) is 6.04 Å². The number of carbonyl (C=O) groups is 1. The zero-order chi connectivity index (χ0) is 17.5. The number of anilines is 1. The Balaban J connectivity index is 2.41. The van der Waals surface area contributed by atoms with E-state index in [0.717, 1.165) is 28.6 Å². The van der Waals surface area contributed by atoms with Crippen molar-refractivity contribution in [1.82, 2.24) is 14.0 Å². The van der Waals surface area contributed by atoms with E-state index in [4.69, 9.17) is 5.73 Å². The first-order valence-electron chi connectivity index (χ1n) is 7.98. The molecule has 0 aromatic carbocycles. The SMILES string of the molecule is C[C@@H]1C[C@H](C)CN([C@@H](C)C(=O)c2c(N)n(C)c(=O)n(C)c2=O)C1. The van der Waals surface area contributed by atoms with Gasteiger partial charge in [-0.05, 0) is 25.2 Å². The molecule has 0 aliphatic carbocycles. The largest absolute Gasteiger partial charge is 0.384 e. The summed E-state index contributed by atoms with van der Waals surface area (Å²) in [4.78, 5) is 39.2. The van der Waals surface area contributed by atoms with Crippen LogP contribution in [0.2, 0.25) is 0 Å². The van der Waals surface area contributed by atoms with Crippen LogP contribution >= 0.6 is 0 Å². The highest BCUT2D eigenvalue weighted by atomic mass is 16.2. The molecule has 3 atom stereocenters. The van der Waals surface area contributed by atoms with E-state index in [-0.39, 0.29) is 17.2 Å². The molecule has 128 valence electrons. The van der Waals surface area contributed by atoms with Crippen LogP contribution in [0.15, 0.2) is 9.59 Å². The second kappa shape index (κ2) is 6.31. The van der Waals surface area contributed by atoms with Crippen molar-refractivity contribution in [3.8, 4) is 0 Å². The number of carbonyl (C=O) groups excluding carboxylic acids is 1. The van der Waals surface area contributed by atoms with Gasteiger partial charge < -0.3 is 5.73 Å². The number of ketones is 1. The standard InChI is InChI=1S/C16H26N4O3/c1-9-6-10(2)8-20(7-9)11(3)13(21)12-14(17)18(4)16(23)19(5)15(12)22/h9-11H,6-8,17H2,1-5H3/t9-,10+,11-/m0/s1. The van der Waals surface area contributed by atoms with Gasteiger partial charge in [-0.2, -0.15) is 0 Å². The van der Waals surface area contributed by atoms with E-state index >= 15 is 0 Å². The summed E-state index contributed by atoms with van der Waals surface area (Å²) in [5.74, 6) is 0.636. The second-order valence-electron chi connectivity index (χ2n) is 6.91. The lowest BCUT2D eigenvalue weighted by molar-refractivity contribution is 0.0685. The molecule has 1 aromatic heterocycles. The third kappa shape index (κ3) is 3.10. The topological polar surface area (TPSA) is 90.3 Å². The third-order valence-electron chi connectivity index (χ3n) is 4.78. The zero-order valence-electron chi connectivity index (χ0n) is 14.5. The Hall–Kier alpha value is -1.89. The molecule has 1 aliphatic heterocycles. The molecule has 1 fully saturated rings. The molecule has 23 heavy (non-hydrogen) atoms. The van der Waals surface area contributed by atoms with Crippen LogP contribution in [0.5, 0.6) is 0 Å². The molecule has 0 radical (unpaired) electrons. The number of nitrogens with two attached hydrogens (primary N) is 1. The van der Waals surface area contributed by atoms with E-state index in [2.05, 4.69) is 18.7 Å². The highest BCUT2D eigenvalue weighted by Gasteiger charge is 2.32. The van der Waals surface area contributed by atoms with Gasteiger partial charge in [0.2, 0.25) is 0 Å². The van der Waals surface area contributed by atoms with Crippen molar-refractivity contribution >= 4 is 11.6 Å². The van der Waals surface area contributed by atoms with E-state index < -0.39 is 17.3 Å². The minimum atomic E-state index is -0.624. The van der Waals surface area contributed by atoms with Crippen molar-refractivity contribution in [3.63, 3.8) is 0 Å². The fourth-order valence-electron chi connectivity index (χ4n) is 3.49. The Bertz CT molecular complexity index is 724. The normalized spacial score (nSPS) is 23.7. The Morgan fingerprint density at radius 3 is 2.17 bits per heavy atom. The number of nitrogens with zero attached hydrogens (tertiary/aromatic N) is 3. The van der Waals surface area contributed by atoms with Crippen LogP contribution in [0.4, 0.5) is 5.82 Å². The Kier molecular flexibility index (Phi) is 4.79. The van der Waals surface area contributed by atoms with Crippen LogP contribution in [-0.4, -0.2) is 38.9 Å². The molecule has 0 saturated carbocycles. The average molecular weight is 322 g/mol. The van der Waals surface area contributed by atoms with Gasteiger partial charge in [-0.25, -0.2) is 4.79 Å². The summed E-state index contributed by atoms with van der Waals surface area (Å²) >= 11 is 0. The van der Waals surface area contributed by atoms with Gasteiger partial charge >= 0.3 is 5.69 Å². The molecule has 0 bridgehead atoms. The number of Topliss-reactive ketones (excluding diaryl/α,β-unsaturated/α-hetero) is 1. The summed E-state index contributed by atoms with van der Waals surface area (Å²) in [5, 5.41) is 0. The summed E-state index contributed by atoms with van der Waals surface area (Å²) in [7, 11) is 2.82. The van der Waals surface area contributed by atoms with Crippen molar-refractivity contribution in [1.29, 1.82) is 0 Å². The van der Waals surface area contributed by atoms with Crippen molar-refractivity contribution in [3.05, 3.63) is 26.4 Å². The van der Waals surface area contributed by atoms with E-state index in [9.17, 15) is 14.4 Å². The fraction of sp³-hybridized carbons (Fsp3) is 0.688. The van der Waals surface area contributed by atoms with Crippen molar-refractivity contribution in [2.24, 2.45) is 25.9 Å². The van der Waals surface area contributed by atoms with Gasteiger partial charge in [-0.15, -0.1) is 0 Å². The first kappa shape index (κ1) is 17.5. The monoisotopic (exact) mass is 322 g/mol. The molecular weight excluding hydrogens is 296 g/mol. The van der Waals surface area contributed by atoms with Gasteiger partial charge in [0.15, 0.2) is 5.78 Å². The number of rotatable bonds is 3. The van der Waals surface area contributed by atoms with Gasteiger partial charge in [-0.1, -0.05) is 13.8 Å². The molecule has 1 aliphatic rings. The molecule has 7 nitrogen and oxygen atoms in total. The highest BCUT2D eigenvalue weighted by Crippen LogP contribution is 2.24. The lowest BCUT2D eigenvalue weighted by atomic mass is 9.90. The first-order valence-corrected chi connectivity index (χ1v) is 7.98. The maximum atomic E-state index is 12.9. The molecule has 0 amide bonds. The fourth-order valence-corrected chi connectivity index (χ4v) is 3.49. The van der Waals surface area contributed by atoms with Gasteiger partial charge in [0.25, 0.3) is 5.56 Å². The molecule has 0 spiro atoms. The van der Waals surface area contributed by atoms with Crippen LogP contribution < -0.4 is 17.0 Å². The highest BCUT2D eigenvalue weighted by molar-refractivity contribution is 6.03. The smallest absolute Gasteiger partial charge is 0.332 e. The predicted octanol–water partition coefficient (Wildman–Crippen LogP) is 0.215. The Morgan fingerprint density at radius 1 is 1.13 bits per heavy atom. The maximum absolute atomic E-state index is 12.9. The summed E-state index contributed by atoms with van der Waals surface area (Å²) in [5.41, 5.74) is 4.64. The predicted molar refractivity (Wildman–Crippen MR) is 89.6 cm³/mol. The number of hydrogen-bond acceptors (Lipinski definition) is 5. The minimum Gasteiger partial charge on any atom is -0.384 e. The van der Waals surface area contributed by atoms with E-state index in [0.29, 0.717) is 11.8 Å². The summed E-state index contributed by atoms with van der Waals surface area (Å²) < 4.78 is 2.07. The second-order valence-corrected chi connectivity index (χ2v) is 6.91. The number of hydrogen-bond donors (Lipinski definition) is 1. The van der Waals surface area contributed by atoms with Crippen LogP contribution in [0.25, 0.3) is 0 Å². The quantitative estimate of drug-likeness (QED) is 0.804. The lowest BCUT2D eigenvalue weighted by Gasteiger charge is -2.38. The van der Waals surface area contributed by atoms with E-state index in [1.165, 1.54) is 14.1 Å². The molecule has 1 aromatic rings. The average Bonchev–Trinajstić information content (AvgIpc) is 2.49. The molecule has 2 heterocycles. The third-order valence-corrected chi connectivity index (χ3v) is 4.78. The molecule has 7 heteroatoms. The molecule has 0 unspecified atom stereocenters. The lowest BCUT2D eigenvalue weighted by Crippen LogP contribution is -2.50. The number of piperidine rings is 1. The Labute approximate surface area is 135 Å². The van der Waals surface area contributed by atoms with Crippen LogP contribution in [-0.2, 0) is 14.1 Å². The Morgan fingerprint density at radius 2 is 1.65 bits per heavy atom. The zero-order valence-corrected chi connectivity index (χ0v) is 14.5. The van der Waals surface area contributed by atoms with Gasteiger partial charge in [-0.3, -0.25) is 23.6 Å². The summed E-state index contributed by atoms with van der Waals surface area (Å²) in [6.07, 6.45) is 1.14. The number of likely N-dealkylation sites (tertiary alicyclic amines) is 1. The van der Waals surface area contributed by atoms with Crippen molar-refractivity contribution < 1.29 is 4.79 Å². The number of aromatic nitrogens is 2. The van der Waals surface area contributed by atoms with Crippen LogP contribution in [0.1, 0.15) is 37.6 Å². The minimum absolute atomic E-state index is 0.0620. The van der Waals surface area contributed by atoms with Crippen molar-refractivity contribution in [2.75, 3.05) is 18.8 Å². The first-order chi connectivity index (χ1) is 10.6. The van der Waals surface area contributed by atoms with E-state index in [1.54, 1.807) is 6.92 Å². The van der Waals surface area contributed by atoms with Crippen LogP contribution in [0, 0.1) is 11.8 Å². The molecule has 2 rings (SSSR count). The number of nitrogen functional groups attached to an aromatic ring is 1. The summed E-state index contributed by atoms with van der Waals surface area (Å²) in [6.45, 7) is 7.78. The van der Waals surface area contributed by atoms with Gasteiger partial charge in [0, 0.05) is 27.2 Å². The molecular formula is C16H26N4O3. The maximum Gasteiger partial charge on any atom is 0.332 e. The summed E-state index contributed by atoms with van der Waals surface area (Å²) in [6, 6.07) is -0.437. The molecule has 1 saturated heterocycles. The van der Waals surface area contributed by atoms with Crippen LogP contribution in [0.3, 0.4) is 0 Å². The van der Waals surface area contributed by atoms with Gasteiger partial charge in [0.1, 0.15) is 11.4 Å². The van der Waals surface area contributed by atoms with Crippen molar-refractivity contribution in [2.45, 2.75) is 33.2 Å².